The zero-order valence-corrected chi connectivity index (χ0v) is 14.7. The van der Waals surface area contributed by atoms with Crippen molar-refractivity contribution >= 4 is 23.4 Å². The molecule has 1 aromatic heterocycles. The molecular formula is C16H28N4S. The van der Waals surface area contributed by atoms with Gasteiger partial charge in [-0.1, -0.05) is 6.92 Å². The van der Waals surface area contributed by atoms with Gasteiger partial charge in [0.05, 0.1) is 0 Å². The summed E-state index contributed by atoms with van der Waals surface area (Å²) in [5.41, 5.74) is 1.13. The van der Waals surface area contributed by atoms with Crippen LogP contribution in [0, 0.1) is 6.92 Å². The van der Waals surface area contributed by atoms with E-state index in [0.717, 1.165) is 42.5 Å². The average Bonchev–Trinajstić information content (AvgIpc) is 3.29. The fourth-order valence-electron chi connectivity index (χ4n) is 2.01. The van der Waals surface area contributed by atoms with Crippen LogP contribution in [0.1, 0.15) is 57.3 Å². The number of thioether (sulfide) groups is 1. The Labute approximate surface area is 132 Å². The average molecular weight is 308 g/mol. The lowest BCUT2D eigenvalue weighted by atomic mass is 10.2. The maximum Gasteiger partial charge on any atom is 0.136 e. The van der Waals surface area contributed by atoms with Crippen LogP contribution in [0.2, 0.25) is 0 Å². The smallest absolute Gasteiger partial charge is 0.136 e. The Balaban J connectivity index is 2.19. The highest BCUT2D eigenvalue weighted by Crippen LogP contribution is 2.39. The molecular weight excluding hydrogens is 280 g/mol. The van der Waals surface area contributed by atoms with E-state index in [1.165, 1.54) is 12.8 Å². The van der Waals surface area contributed by atoms with E-state index in [1.54, 1.807) is 0 Å². The molecule has 0 amide bonds. The highest BCUT2D eigenvalue weighted by molar-refractivity contribution is 7.99. The maximum absolute atomic E-state index is 4.77. The van der Waals surface area contributed by atoms with Gasteiger partial charge in [-0.15, -0.1) is 0 Å². The van der Waals surface area contributed by atoms with Crippen LogP contribution in [-0.2, 0) is 0 Å². The first-order chi connectivity index (χ1) is 9.96. The van der Waals surface area contributed by atoms with Crippen LogP contribution in [0.3, 0.4) is 0 Å². The Bertz CT molecular complexity index is 483. The molecule has 1 fully saturated rings. The van der Waals surface area contributed by atoms with Crippen molar-refractivity contribution < 1.29 is 0 Å². The molecule has 5 heteroatoms. The first kappa shape index (κ1) is 16.4. The number of hydrogen-bond donors (Lipinski definition) is 2. The summed E-state index contributed by atoms with van der Waals surface area (Å²) in [7, 11) is 0. The van der Waals surface area contributed by atoms with Gasteiger partial charge in [0.1, 0.15) is 17.5 Å². The van der Waals surface area contributed by atoms with E-state index >= 15 is 0 Å². The monoisotopic (exact) mass is 308 g/mol. The summed E-state index contributed by atoms with van der Waals surface area (Å²) < 4.78 is 0.203. The quantitative estimate of drug-likeness (QED) is 0.759. The summed E-state index contributed by atoms with van der Waals surface area (Å²) in [6.07, 6.45) is 5.71. The minimum Gasteiger partial charge on any atom is -0.370 e. The SMILES string of the molecule is CCCNc1nc(C2CC2)nc(NCC(C)(C)SC)c1C. The minimum absolute atomic E-state index is 0.203. The van der Waals surface area contributed by atoms with Crippen molar-refractivity contribution in [2.45, 2.75) is 57.6 Å². The van der Waals surface area contributed by atoms with Crippen molar-refractivity contribution in [3.8, 4) is 0 Å². The van der Waals surface area contributed by atoms with Gasteiger partial charge in [0.25, 0.3) is 0 Å². The Morgan fingerprint density at radius 2 is 1.81 bits per heavy atom. The predicted molar refractivity (Wildman–Crippen MR) is 93.6 cm³/mol. The molecule has 0 aromatic carbocycles. The Kier molecular flexibility index (Phi) is 5.36. The summed E-state index contributed by atoms with van der Waals surface area (Å²) in [6, 6.07) is 0. The van der Waals surface area contributed by atoms with Crippen LogP contribution < -0.4 is 10.6 Å². The van der Waals surface area contributed by atoms with E-state index < -0.39 is 0 Å². The lowest BCUT2D eigenvalue weighted by Crippen LogP contribution is -2.27. The highest BCUT2D eigenvalue weighted by Gasteiger charge is 2.28. The Morgan fingerprint density at radius 3 is 2.33 bits per heavy atom. The second-order valence-corrected chi connectivity index (χ2v) is 7.94. The predicted octanol–water partition coefficient (Wildman–Crippen LogP) is 4.04. The Hall–Kier alpha value is -0.970. The molecule has 0 spiro atoms. The summed E-state index contributed by atoms with van der Waals surface area (Å²) in [5, 5.41) is 6.97. The molecule has 0 unspecified atom stereocenters. The van der Waals surface area contributed by atoms with E-state index in [1.807, 2.05) is 11.8 Å². The lowest BCUT2D eigenvalue weighted by Gasteiger charge is -2.24. The molecule has 0 aliphatic heterocycles. The number of rotatable bonds is 8. The summed E-state index contributed by atoms with van der Waals surface area (Å²) in [6.45, 7) is 10.6. The second-order valence-electron chi connectivity index (χ2n) is 6.42. The number of nitrogens with zero attached hydrogens (tertiary/aromatic N) is 2. The third kappa shape index (κ3) is 4.50. The van der Waals surface area contributed by atoms with Gasteiger partial charge in [0.2, 0.25) is 0 Å². The molecule has 0 atom stereocenters. The number of aromatic nitrogens is 2. The largest absolute Gasteiger partial charge is 0.370 e. The zero-order chi connectivity index (χ0) is 15.5. The molecule has 118 valence electrons. The van der Waals surface area contributed by atoms with Gasteiger partial charge in [-0.2, -0.15) is 11.8 Å². The van der Waals surface area contributed by atoms with Gasteiger partial charge < -0.3 is 10.6 Å². The molecule has 0 saturated heterocycles. The van der Waals surface area contributed by atoms with Crippen molar-refractivity contribution in [1.29, 1.82) is 0 Å². The van der Waals surface area contributed by atoms with E-state index in [-0.39, 0.29) is 4.75 Å². The topological polar surface area (TPSA) is 49.8 Å². The minimum atomic E-state index is 0.203. The maximum atomic E-state index is 4.77. The molecule has 2 rings (SSSR count). The normalized spacial score (nSPS) is 15.1. The van der Waals surface area contributed by atoms with Crippen molar-refractivity contribution in [3.63, 3.8) is 0 Å². The molecule has 2 N–H and O–H groups in total. The standard InChI is InChI=1S/C16H28N4S/c1-6-9-17-13-11(2)14(18-10-16(3,4)21-5)20-15(19-13)12-7-8-12/h12H,6-10H2,1-5H3,(H2,17,18,19,20). The zero-order valence-electron chi connectivity index (χ0n) is 13.9. The number of anilines is 2. The summed E-state index contributed by atoms with van der Waals surface area (Å²) in [5.74, 6) is 3.57. The fourth-order valence-corrected chi connectivity index (χ4v) is 2.23. The van der Waals surface area contributed by atoms with Crippen LogP contribution in [0.15, 0.2) is 0 Å². The van der Waals surface area contributed by atoms with Gasteiger partial charge in [-0.3, -0.25) is 0 Å². The third-order valence-corrected chi connectivity index (χ3v) is 5.13. The molecule has 1 aliphatic rings. The molecule has 21 heavy (non-hydrogen) atoms. The van der Waals surface area contributed by atoms with Crippen molar-refractivity contribution in [3.05, 3.63) is 11.4 Å². The molecule has 1 aromatic rings. The van der Waals surface area contributed by atoms with Crippen molar-refractivity contribution in [2.75, 3.05) is 30.0 Å². The fraction of sp³-hybridized carbons (Fsp3) is 0.750. The van der Waals surface area contributed by atoms with Crippen molar-refractivity contribution in [1.82, 2.24) is 9.97 Å². The van der Waals surface area contributed by atoms with E-state index in [4.69, 9.17) is 9.97 Å². The molecule has 4 nitrogen and oxygen atoms in total. The van der Waals surface area contributed by atoms with Crippen LogP contribution in [0.5, 0.6) is 0 Å². The van der Waals surface area contributed by atoms with Crippen LogP contribution in [-0.4, -0.2) is 34.1 Å². The molecule has 0 radical (unpaired) electrons. The highest BCUT2D eigenvalue weighted by atomic mass is 32.2. The van der Waals surface area contributed by atoms with Gasteiger partial charge in [-0.05, 0) is 46.3 Å². The van der Waals surface area contributed by atoms with E-state index in [2.05, 4.69) is 44.6 Å². The molecule has 0 bridgehead atoms. The second kappa shape index (κ2) is 6.86. The molecule has 1 saturated carbocycles. The van der Waals surface area contributed by atoms with Gasteiger partial charge in [0.15, 0.2) is 0 Å². The van der Waals surface area contributed by atoms with Crippen molar-refractivity contribution in [2.24, 2.45) is 0 Å². The van der Waals surface area contributed by atoms with Gasteiger partial charge in [0, 0.05) is 29.3 Å². The number of hydrogen-bond acceptors (Lipinski definition) is 5. The summed E-state index contributed by atoms with van der Waals surface area (Å²) >= 11 is 1.87. The van der Waals surface area contributed by atoms with Gasteiger partial charge in [-0.25, -0.2) is 9.97 Å². The van der Waals surface area contributed by atoms with Gasteiger partial charge >= 0.3 is 0 Å². The number of nitrogens with one attached hydrogen (secondary N) is 2. The van der Waals surface area contributed by atoms with Crippen LogP contribution in [0.25, 0.3) is 0 Å². The molecule has 1 aliphatic carbocycles. The summed E-state index contributed by atoms with van der Waals surface area (Å²) in [4.78, 5) is 9.50. The van der Waals surface area contributed by atoms with Crippen LogP contribution >= 0.6 is 11.8 Å². The van der Waals surface area contributed by atoms with Crippen LogP contribution in [0.4, 0.5) is 11.6 Å². The lowest BCUT2D eigenvalue weighted by molar-refractivity contribution is 0.747. The molecule has 1 heterocycles. The first-order valence-electron chi connectivity index (χ1n) is 7.88. The Morgan fingerprint density at radius 1 is 1.19 bits per heavy atom. The van der Waals surface area contributed by atoms with E-state index in [9.17, 15) is 0 Å². The third-order valence-electron chi connectivity index (χ3n) is 3.88. The van der Waals surface area contributed by atoms with E-state index in [0.29, 0.717) is 5.92 Å². The first-order valence-corrected chi connectivity index (χ1v) is 9.10.